The van der Waals surface area contributed by atoms with Crippen LogP contribution >= 0.6 is 11.8 Å². The fourth-order valence-electron chi connectivity index (χ4n) is 3.53. The zero-order chi connectivity index (χ0) is 21.4. The lowest BCUT2D eigenvalue weighted by Gasteiger charge is -2.18. The van der Waals surface area contributed by atoms with Crippen LogP contribution in [0.1, 0.15) is 43.0 Å². The van der Waals surface area contributed by atoms with Crippen LogP contribution in [0, 0.1) is 5.92 Å². The first-order valence-corrected chi connectivity index (χ1v) is 10.0. The molecular weight excluding hydrogens is 401 g/mol. The van der Waals surface area contributed by atoms with Gasteiger partial charge in [-0.05, 0) is 60.5 Å². The number of aliphatic hydroxyl groups is 1. The zero-order valence-corrected chi connectivity index (χ0v) is 16.9. The monoisotopic (exact) mass is 424 g/mol. The Morgan fingerprint density at radius 3 is 2.55 bits per heavy atom. The molecule has 1 aliphatic carbocycles. The topological polar surface area (TPSA) is 75.4 Å². The average molecular weight is 424 g/mol. The molecule has 0 bridgehead atoms. The van der Waals surface area contributed by atoms with Gasteiger partial charge >= 0.3 is 5.51 Å². The number of hydrogen-bond acceptors (Lipinski definition) is 4. The van der Waals surface area contributed by atoms with E-state index in [1.54, 1.807) is 24.3 Å². The van der Waals surface area contributed by atoms with Gasteiger partial charge in [0.25, 0.3) is 0 Å². The lowest BCUT2D eigenvalue weighted by molar-refractivity contribution is -0.123. The molecule has 0 aliphatic heterocycles. The second kappa shape index (κ2) is 7.91. The van der Waals surface area contributed by atoms with E-state index in [0.717, 1.165) is 11.1 Å². The smallest absolute Gasteiger partial charge is 0.398 e. The predicted octanol–water partition coefficient (Wildman–Crippen LogP) is 4.53. The van der Waals surface area contributed by atoms with Crippen molar-refractivity contribution < 1.29 is 23.1 Å². The van der Waals surface area contributed by atoms with Gasteiger partial charge in [-0.2, -0.15) is 13.2 Å². The molecule has 1 amide bonds. The fourth-order valence-corrected chi connectivity index (χ4v) is 4.07. The number of nitrogen functional groups attached to an aromatic ring is 1. The molecule has 2 aromatic rings. The lowest BCUT2D eigenvalue weighted by Crippen LogP contribution is -2.30. The van der Waals surface area contributed by atoms with Crippen LogP contribution < -0.4 is 11.1 Å². The van der Waals surface area contributed by atoms with Crippen molar-refractivity contribution in [2.24, 2.45) is 5.92 Å². The van der Waals surface area contributed by atoms with E-state index in [1.165, 1.54) is 12.1 Å². The highest BCUT2D eigenvalue weighted by Crippen LogP contribution is 2.54. The summed E-state index contributed by atoms with van der Waals surface area (Å²) in [6.07, 6.45) is 0.640. The first-order valence-electron chi connectivity index (χ1n) is 9.19. The van der Waals surface area contributed by atoms with Gasteiger partial charge in [-0.15, -0.1) is 0 Å². The molecule has 1 saturated carbocycles. The van der Waals surface area contributed by atoms with Crippen LogP contribution in [0.5, 0.6) is 0 Å². The second-order valence-electron chi connectivity index (χ2n) is 7.59. The van der Waals surface area contributed by atoms with Crippen molar-refractivity contribution in [1.82, 2.24) is 5.32 Å². The lowest BCUT2D eigenvalue weighted by atomic mass is 9.95. The molecule has 4 nitrogen and oxygen atoms in total. The number of thioether (sulfide) groups is 1. The molecule has 0 spiro atoms. The molecule has 8 heteroatoms. The summed E-state index contributed by atoms with van der Waals surface area (Å²) in [4.78, 5) is 12.8. The molecule has 1 fully saturated rings. The van der Waals surface area contributed by atoms with Gasteiger partial charge < -0.3 is 16.2 Å². The van der Waals surface area contributed by atoms with Crippen molar-refractivity contribution in [2.45, 2.75) is 48.7 Å². The van der Waals surface area contributed by atoms with Crippen molar-refractivity contribution in [2.75, 3.05) is 5.73 Å². The minimum Gasteiger partial charge on any atom is -0.398 e. The molecule has 3 atom stereocenters. The Labute approximate surface area is 171 Å². The molecule has 3 rings (SSSR count). The minimum absolute atomic E-state index is 0.101. The van der Waals surface area contributed by atoms with Gasteiger partial charge in [-0.1, -0.05) is 25.1 Å². The number of aliphatic hydroxyl groups excluding tert-OH is 1. The molecule has 156 valence electrons. The second-order valence-corrected chi connectivity index (χ2v) is 8.73. The first kappa shape index (κ1) is 21.5. The summed E-state index contributed by atoms with van der Waals surface area (Å²) in [6.45, 7) is 3.62. The van der Waals surface area contributed by atoms with Gasteiger partial charge in [0, 0.05) is 27.5 Å². The van der Waals surface area contributed by atoms with Gasteiger partial charge in [0.2, 0.25) is 5.91 Å². The van der Waals surface area contributed by atoms with Gasteiger partial charge in [0.15, 0.2) is 0 Å². The van der Waals surface area contributed by atoms with Gasteiger partial charge in [0.1, 0.15) is 0 Å². The molecule has 0 saturated heterocycles. The fraction of sp³-hybridized carbons (Fsp3) is 0.381. The maximum absolute atomic E-state index is 12.7. The quantitative estimate of drug-likeness (QED) is 0.471. The Balaban J connectivity index is 1.64. The van der Waals surface area contributed by atoms with Crippen LogP contribution in [0.15, 0.2) is 47.4 Å². The van der Waals surface area contributed by atoms with E-state index in [0.29, 0.717) is 17.7 Å². The van der Waals surface area contributed by atoms with E-state index < -0.39 is 5.51 Å². The molecule has 0 heterocycles. The molecule has 2 aromatic carbocycles. The van der Waals surface area contributed by atoms with Crippen LogP contribution in [0.4, 0.5) is 18.9 Å². The number of carbonyl (C=O) groups excluding carboxylic acids is 1. The third-order valence-electron chi connectivity index (χ3n) is 5.50. The van der Waals surface area contributed by atoms with Crippen LogP contribution in [0.25, 0.3) is 0 Å². The van der Waals surface area contributed by atoms with Gasteiger partial charge in [-0.25, -0.2) is 0 Å². The number of amides is 1. The number of nitrogens with one attached hydrogen (secondary N) is 1. The summed E-state index contributed by atoms with van der Waals surface area (Å²) >= 11 is -0.148. The van der Waals surface area contributed by atoms with Crippen molar-refractivity contribution >= 4 is 23.4 Å². The Morgan fingerprint density at radius 1 is 1.31 bits per heavy atom. The van der Waals surface area contributed by atoms with E-state index in [-0.39, 0.29) is 46.5 Å². The van der Waals surface area contributed by atoms with Gasteiger partial charge in [-0.3, -0.25) is 4.79 Å². The molecule has 29 heavy (non-hydrogen) atoms. The Kier molecular flexibility index (Phi) is 5.87. The van der Waals surface area contributed by atoms with Crippen molar-refractivity contribution in [3.05, 3.63) is 59.2 Å². The standard InChI is InChI=1S/C21H23F3N2O2S/c1-12(13-3-8-18(25)14(9-13)11-27)26-19(28)17-10-20(17,2)15-4-6-16(7-5-15)29-21(22,23)24/h3-9,12,17,27H,10-11,25H2,1-2H3,(H,26,28)/t12-,17?,20?/m1/s1. The molecule has 4 N–H and O–H groups in total. The molecule has 0 radical (unpaired) electrons. The van der Waals surface area contributed by atoms with E-state index in [9.17, 15) is 23.1 Å². The van der Waals surface area contributed by atoms with Gasteiger partial charge in [0.05, 0.1) is 12.6 Å². The normalized spacial score (nSPS) is 22.2. The Hall–Kier alpha value is -2.19. The average Bonchev–Trinajstić information content (AvgIpc) is 3.34. The number of hydrogen-bond donors (Lipinski definition) is 3. The highest BCUT2D eigenvalue weighted by Gasteiger charge is 2.55. The maximum Gasteiger partial charge on any atom is 0.446 e. The summed E-state index contributed by atoms with van der Waals surface area (Å²) < 4.78 is 37.4. The van der Waals surface area contributed by atoms with E-state index >= 15 is 0 Å². The summed E-state index contributed by atoms with van der Waals surface area (Å²) in [7, 11) is 0. The zero-order valence-electron chi connectivity index (χ0n) is 16.1. The molecule has 0 aromatic heterocycles. The summed E-state index contributed by atoms with van der Waals surface area (Å²) in [5.74, 6) is -0.340. The third kappa shape index (κ3) is 4.87. The predicted molar refractivity (Wildman–Crippen MR) is 107 cm³/mol. The van der Waals surface area contributed by atoms with Crippen LogP contribution in [-0.4, -0.2) is 16.5 Å². The first-order chi connectivity index (χ1) is 13.5. The summed E-state index contributed by atoms with van der Waals surface area (Å²) in [6, 6.07) is 11.2. The third-order valence-corrected chi connectivity index (χ3v) is 6.24. The Bertz CT molecular complexity index is 902. The SMILES string of the molecule is C[C@@H](NC(=O)C1CC1(C)c1ccc(SC(F)(F)F)cc1)c1ccc(N)c(CO)c1. The Morgan fingerprint density at radius 2 is 1.97 bits per heavy atom. The van der Waals surface area contributed by atoms with E-state index in [2.05, 4.69) is 5.32 Å². The molecular formula is C21H23F3N2O2S. The number of rotatable bonds is 6. The number of alkyl halides is 3. The summed E-state index contributed by atoms with van der Waals surface area (Å²) in [5.41, 5.74) is 3.89. The number of halogens is 3. The van der Waals surface area contributed by atoms with Crippen molar-refractivity contribution in [3.8, 4) is 0 Å². The maximum atomic E-state index is 12.7. The highest BCUT2D eigenvalue weighted by atomic mass is 32.2. The molecule has 2 unspecified atom stereocenters. The van der Waals surface area contributed by atoms with Crippen LogP contribution in [-0.2, 0) is 16.8 Å². The van der Waals surface area contributed by atoms with Crippen LogP contribution in [0.3, 0.4) is 0 Å². The number of benzene rings is 2. The number of carbonyl (C=O) groups is 1. The van der Waals surface area contributed by atoms with E-state index in [1.807, 2.05) is 19.9 Å². The van der Waals surface area contributed by atoms with Crippen molar-refractivity contribution in [3.63, 3.8) is 0 Å². The number of anilines is 1. The highest BCUT2D eigenvalue weighted by molar-refractivity contribution is 8.00. The minimum atomic E-state index is -4.32. The summed E-state index contributed by atoms with van der Waals surface area (Å²) in [5, 5.41) is 12.3. The molecule has 1 aliphatic rings. The van der Waals surface area contributed by atoms with E-state index in [4.69, 9.17) is 5.73 Å². The van der Waals surface area contributed by atoms with Crippen LogP contribution in [0.2, 0.25) is 0 Å². The van der Waals surface area contributed by atoms with Crippen molar-refractivity contribution in [1.29, 1.82) is 0 Å². The number of nitrogens with two attached hydrogens (primary N) is 1. The largest absolute Gasteiger partial charge is 0.446 e.